The standard InChI is InChI=1S/C65H111NO10/c1-4-7-10-13-16-19-22-24-25-26-27-28-29-30-31-32-33-34-35-36-38-41-44-47-50-53-60(70)76-63-62(72)61(71)59(54-67)75-65(63)74-55-56(57(68)51-48-45-42-40-37-23-20-17-14-11-8-5-2)66-64(73)58(69)52-49-46-43-39-21-18-15-12-9-6-3/h7,10,15-16,18-19,24-25,27-28,30-31,33-34,48,51,56-59,61-63,65,67-69,71-72H,4-6,8-9,11-14,17,20-23,26,29,32,35-47,49-50,52-55H2,1-3H3,(H,66,73)/b10-7-,18-15-,19-16-,25-24-,28-27-,31-30-,34-33-,51-48+. The SMILES string of the molecule is CC/C=C\C/C=C\C/C=C\C/C=C\C/C=C\C/C=C\CCCCCCCCC(=O)OC1C(OCC(NC(=O)C(O)CCCCCC/C=C\CCCC)C(O)/C=C/CCCCCCCCCCCC)OC(CO)C(O)C1O. The number of carbonyl (C=O) groups is 2. The molecule has 1 amide bonds. The Morgan fingerprint density at radius 3 is 1.47 bits per heavy atom. The second kappa shape index (κ2) is 52.3. The first kappa shape index (κ1) is 70.6. The van der Waals surface area contributed by atoms with E-state index in [2.05, 4.69) is 111 Å². The Labute approximate surface area is 463 Å². The van der Waals surface area contributed by atoms with Crippen molar-refractivity contribution in [2.24, 2.45) is 0 Å². The van der Waals surface area contributed by atoms with Crippen molar-refractivity contribution >= 4 is 11.9 Å². The van der Waals surface area contributed by atoms with Crippen LogP contribution in [0.15, 0.2) is 97.2 Å². The molecule has 1 rings (SSSR count). The minimum Gasteiger partial charge on any atom is -0.454 e. The van der Waals surface area contributed by atoms with Crippen LogP contribution in [0.3, 0.4) is 0 Å². The van der Waals surface area contributed by atoms with Gasteiger partial charge in [0.1, 0.15) is 24.4 Å². The van der Waals surface area contributed by atoms with Crippen molar-refractivity contribution in [3.63, 3.8) is 0 Å². The lowest BCUT2D eigenvalue weighted by atomic mass is 9.99. The van der Waals surface area contributed by atoms with Gasteiger partial charge in [0.05, 0.1) is 25.4 Å². The van der Waals surface area contributed by atoms with Crippen molar-refractivity contribution in [2.75, 3.05) is 13.2 Å². The van der Waals surface area contributed by atoms with Crippen molar-refractivity contribution in [3.05, 3.63) is 97.2 Å². The summed E-state index contributed by atoms with van der Waals surface area (Å²) in [7, 11) is 0. The second-order valence-corrected chi connectivity index (χ2v) is 20.7. The van der Waals surface area contributed by atoms with E-state index in [9.17, 15) is 35.1 Å². The van der Waals surface area contributed by atoms with E-state index < -0.39 is 67.4 Å². The monoisotopic (exact) mass is 1070 g/mol. The molecule has 8 atom stereocenters. The molecule has 0 bridgehead atoms. The van der Waals surface area contributed by atoms with Crippen LogP contribution >= 0.6 is 0 Å². The Kier molecular flexibility index (Phi) is 48.6. The zero-order valence-electron chi connectivity index (χ0n) is 48.1. The van der Waals surface area contributed by atoms with Gasteiger partial charge in [0.2, 0.25) is 5.91 Å². The van der Waals surface area contributed by atoms with Gasteiger partial charge in [0.25, 0.3) is 0 Å². The Morgan fingerprint density at radius 2 is 0.961 bits per heavy atom. The summed E-state index contributed by atoms with van der Waals surface area (Å²) in [4.78, 5) is 26.5. The van der Waals surface area contributed by atoms with Crippen LogP contribution in [0.2, 0.25) is 0 Å². The second-order valence-electron chi connectivity index (χ2n) is 20.7. The molecule has 11 nitrogen and oxygen atoms in total. The first-order chi connectivity index (χ1) is 37.2. The number of nitrogens with one attached hydrogen (secondary N) is 1. The van der Waals surface area contributed by atoms with Crippen LogP contribution in [0.1, 0.15) is 239 Å². The Morgan fingerprint density at radius 1 is 0.526 bits per heavy atom. The van der Waals surface area contributed by atoms with E-state index in [1.165, 1.54) is 64.2 Å². The highest BCUT2D eigenvalue weighted by Gasteiger charge is 2.47. The summed E-state index contributed by atoms with van der Waals surface area (Å²) in [6.45, 7) is 5.60. The number of rotatable bonds is 50. The maximum Gasteiger partial charge on any atom is 0.306 e. The number of hydrogen-bond donors (Lipinski definition) is 6. The van der Waals surface area contributed by atoms with Crippen LogP contribution in [0.4, 0.5) is 0 Å². The van der Waals surface area contributed by atoms with E-state index >= 15 is 0 Å². The molecule has 0 aliphatic carbocycles. The molecule has 8 unspecified atom stereocenters. The van der Waals surface area contributed by atoms with E-state index in [1.54, 1.807) is 6.08 Å². The zero-order chi connectivity index (χ0) is 55.4. The summed E-state index contributed by atoms with van der Waals surface area (Å²) in [5.41, 5.74) is 0. The van der Waals surface area contributed by atoms with Crippen LogP contribution in [-0.4, -0.2) is 99.6 Å². The van der Waals surface area contributed by atoms with Gasteiger partial charge in [-0.05, 0) is 96.3 Å². The molecule has 76 heavy (non-hydrogen) atoms. The number of carbonyl (C=O) groups excluding carboxylic acids is 2. The van der Waals surface area contributed by atoms with Crippen molar-refractivity contribution in [1.29, 1.82) is 0 Å². The topological polar surface area (TPSA) is 175 Å². The molecule has 0 aromatic rings. The highest BCUT2D eigenvalue weighted by molar-refractivity contribution is 5.80. The molecule has 0 radical (unpaired) electrons. The molecular weight excluding hydrogens is 955 g/mol. The molecule has 6 N–H and O–H groups in total. The van der Waals surface area contributed by atoms with Gasteiger partial charge in [-0.3, -0.25) is 9.59 Å². The maximum absolute atomic E-state index is 13.3. The van der Waals surface area contributed by atoms with Gasteiger partial charge in [0, 0.05) is 6.42 Å². The normalized spacial score (nSPS) is 19.8. The Balaban J connectivity index is 2.63. The van der Waals surface area contributed by atoms with E-state index in [-0.39, 0.29) is 19.4 Å². The highest BCUT2D eigenvalue weighted by Crippen LogP contribution is 2.26. The van der Waals surface area contributed by atoms with Gasteiger partial charge in [-0.1, -0.05) is 234 Å². The number of allylic oxidation sites excluding steroid dienone is 15. The molecule has 436 valence electrons. The van der Waals surface area contributed by atoms with Crippen LogP contribution in [0.25, 0.3) is 0 Å². The fourth-order valence-electron chi connectivity index (χ4n) is 8.87. The zero-order valence-corrected chi connectivity index (χ0v) is 48.1. The number of aliphatic hydroxyl groups excluding tert-OH is 5. The number of unbranched alkanes of at least 4 members (excludes halogenated alkanes) is 22. The molecule has 0 aromatic carbocycles. The number of esters is 1. The predicted octanol–water partition coefficient (Wildman–Crippen LogP) is 14.3. The van der Waals surface area contributed by atoms with Gasteiger partial charge in [-0.15, -0.1) is 0 Å². The summed E-state index contributed by atoms with van der Waals surface area (Å²) in [5, 5.41) is 56.8. The fraction of sp³-hybridized carbons (Fsp3) is 0.723. The van der Waals surface area contributed by atoms with Gasteiger partial charge < -0.3 is 45.1 Å². The quantitative estimate of drug-likeness (QED) is 0.0195. The average molecular weight is 1070 g/mol. The van der Waals surface area contributed by atoms with E-state index in [0.717, 1.165) is 128 Å². The fourth-order valence-corrected chi connectivity index (χ4v) is 8.87. The van der Waals surface area contributed by atoms with Crippen LogP contribution in [0.5, 0.6) is 0 Å². The number of ether oxygens (including phenoxy) is 3. The van der Waals surface area contributed by atoms with Crippen LogP contribution in [-0.2, 0) is 23.8 Å². The highest BCUT2D eigenvalue weighted by atomic mass is 16.7. The van der Waals surface area contributed by atoms with Gasteiger partial charge in [-0.2, -0.15) is 0 Å². The lowest BCUT2D eigenvalue weighted by Crippen LogP contribution is -2.61. The summed E-state index contributed by atoms with van der Waals surface area (Å²) in [6, 6.07) is -1.03. The summed E-state index contributed by atoms with van der Waals surface area (Å²) in [5.74, 6) is -1.23. The third-order valence-electron chi connectivity index (χ3n) is 13.7. The van der Waals surface area contributed by atoms with Gasteiger partial charge >= 0.3 is 5.97 Å². The van der Waals surface area contributed by atoms with Crippen molar-refractivity contribution < 1.29 is 49.3 Å². The Hall–Kier alpha value is -3.42. The first-order valence-corrected chi connectivity index (χ1v) is 30.5. The van der Waals surface area contributed by atoms with E-state index in [0.29, 0.717) is 12.8 Å². The number of amides is 1. The third-order valence-corrected chi connectivity index (χ3v) is 13.7. The van der Waals surface area contributed by atoms with Crippen LogP contribution < -0.4 is 5.32 Å². The van der Waals surface area contributed by atoms with Gasteiger partial charge in [0.15, 0.2) is 12.4 Å². The number of hydrogen-bond acceptors (Lipinski definition) is 10. The van der Waals surface area contributed by atoms with Crippen molar-refractivity contribution in [3.8, 4) is 0 Å². The summed E-state index contributed by atoms with van der Waals surface area (Å²) in [6.07, 6.45) is 58.8. The Bertz CT molecular complexity index is 1600. The molecule has 1 saturated heterocycles. The molecule has 0 aromatic heterocycles. The number of aliphatic hydroxyl groups is 5. The summed E-state index contributed by atoms with van der Waals surface area (Å²) >= 11 is 0. The lowest BCUT2D eigenvalue weighted by molar-refractivity contribution is -0.305. The smallest absolute Gasteiger partial charge is 0.306 e. The molecule has 11 heteroatoms. The van der Waals surface area contributed by atoms with E-state index in [1.807, 2.05) is 6.08 Å². The minimum absolute atomic E-state index is 0.100. The minimum atomic E-state index is -1.63. The molecule has 1 heterocycles. The lowest BCUT2D eigenvalue weighted by Gasteiger charge is -2.41. The molecule has 1 aliphatic rings. The third kappa shape index (κ3) is 39.9. The molecular formula is C65H111NO10. The van der Waals surface area contributed by atoms with E-state index in [4.69, 9.17) is 14.2 Å². The van der Waals surface area contributed by atoms with Gasteiger partial charge in [-0.25, -0.2) is 0 Å². The molecule has 0 spiro atoms. The molecule has 1 aliphatic heterocycles. The molecule has 0 saturated carbocycles. The first-order valence-electron chi connectivity index (χ1n) is 30.5. The van der Waals surface area contributed by atoms with Crippen LogP contribution in [0, 0.1) is 0 Å². The maximum atomic E-state index is 13.3. The molecule has 1 fully saturated rings. The average Bonchev–Trinajstić information content (AvgIpc) is 3.42. The largest absolute Gasteiger partial charge is 0.454 e. The summed E-state index contributed by atoms with van der Waals surface area (Å²) < 4.78 is 17.6. The predicted molar refractivity (Wildman–Crippen MR) is 315 cm³/mol. The van der Waals surface area contributed by atoms with Crippen molar-refractivity contribution in [2.45, 2.75) is 288 Å². The van der Waals surface area contributed by atoms with Crippen molar-refractivity contribution in [1.82, 2.24) is 5.32 Å².